The van der Waals surface area contributed by atoms with Crippen molar-refractivity contribution in [1.82, 2.24) is 5.32 Å². The zero-order valence-corrected chi connectivity index (χ0v) is 13.5. The van der Waals surface area contributed by atoms with Crippen LogP contribution in [0.2, 0.25) is 0 Å². The van der Waals surface area contributed by atoms with Gasteiger partial charge in [-0.25, -0.2) is 9.18 Å². The van der Waals surface area contributed by atoms with Crippen molar-refractivity contribution in [2.24, 2.45) is 5.41 Å². The number of hydrogen-bond donors (Lipinski definition) is 2. The number of hydrogen-bond acceptors (Lipinski definition) is 4. The lowest BCUT2D eigenvalue weighted by atomic mass is 10.1. The molecule has 23 heavy (non-hydrogen) atoms. The summed E-state index contributed by atoms with van der Waals surface area (Å²) in [6.07, 6.45) is 0.220. The van der Waals surface area contributed by atoms with E-state index in [0.717, 1.165) is 6.07 Å². The molecule has 2 rings (SSSR count). The van der Waals surface area contributed by atoms with Crippen LogP contribution in [0.15, 0.2) is 24.3 Å². The van der Waals surface area contributed by atoms with E-state index in [9.17, 15) is 18.8 Å². The Bertz CT molecular complexity index is 668. The second-order valence-corrected chi connectivity index (χ2v) is 6.76. The van der Waals surface area contributed by atoms with Crippen LogP contribution in [0.1, 0.15) is 13.3 Å². The number of benzene rings is 1. The number of urea groups is 1. The van der Waals surface area contributed by atoms with Crippen LogP contribution in [-0.4, -0.2) is 28.8 Å². The van der Waals surface area contributed by atoms with Crippen molar-refractivity contribution in [3.05, 3.63) is 30.1 Å². The quantitative estimate of drug-likeness (QED) is 0.636. The minimum absolute atomic E-state index is 0.0886. The number of amides is 3. The van der Waals surface area contributed by atoms with E-state index >= 15 is 0 Å². The molecule has 3 amide bonds. The molecule has 1 aliphatic rings. The molecule has 124 valence electrons. The number of nitrogens with one attached hydrogen (secondary N) is 2. The zero-order valence-electron chi connectivity index (χ0n) is 12.0. The predicted octanol–water partition coefficient (Wildman–Crippen LogP) is 2.60. The Kier molecular flexibility index (Phi) is 4.81. The van der Waals surface area contributed by atoms with Gasteiger partial charge in [0.1, 0.15) is 15.6 Å². The smallest absolute Gasteiger partial charge is 0.326 e. The van der Waals surface area contributed by atoms with Gasteiger partial charge in [-0.1, -0.05) is 12.1 Å². The van der Waals surface area contributed by atoms with Crippen LogP contribution in [0.3, 0.4) is 0 Å². The molecule has 6 nitrogen and oxygen atoms in total. The first-order valence-corrected chi connectivity index (χ1v) is 7.32. The molecule has 1 aromatic rings. The summed E-state index contributed by atoms with van der Waals surface area (Å²) in [5.74, 6) is -2.25. The van der Waals surface area contributed by atoms with Gasteiger partial charge in [0.05, 0.1) is 5.69 Å². The number of rotatable bonds is 4. The topological polar surface area (TPSA) is 84.5 Å². The number of anilines is 1. The van der Waals surface area contributed by atoms with Gasteiger partial charge in [0.15, 0.2) is 6.61 Å². The van der Waals surface area contributed by atoms with Crippen LogP contribution in [0, 0.1) is 11.2 Å². The SMILES string of the molecule is C[C@@]1(C(=O)OCC(=O)NC(=O)Nc2ccccc2F)CC1(Cl)Cl. The molecule has 0 bridgehead atoms. The summed E-state index contributed by atoms with van der Waals surface area (Å²) >= 11 is 11.6. The fourth-order valence-corrected chi connectivity index (χ4v) is 2.48. The molecule has 9 heteroatoms. The summed E-state index contributed by atoms with van der Waals surface area (Å²) in [7, 11) is 0. The maximum Gasteiger partial charge on any atom is 0.326 e. The molecule has 0 spiro atoms. The van der Waals surface area contributed by atoms with Crippen molar-refractivity contribution in [2.75, 3.05) is 11.9 Å². The minimum atomic E-state index is -1.21. The van der Waals surface area contributed by atoms with Crippen LogP contribution in [-0.2, 0) is 14.3 Å². The van der Waals surface area contributed by atoms with E-state index in [0.29, 0.717) is 0 Å². The average molecular weight is 363 g/mol. The van der Waals surface area contributed by atoms with E-state index in [1.54, 1.807) is 0 Å². The second kappa shape index (κ2) is 6.33. The molecule has 0 radical (unpaired) electrons. The molecule has 2 N–H and O–H groups in total. The monoisotopic (exact) mass is 362 g/mol. The Balaban J connectivity index is 1.78. The molecule has 1 atom stereocenters. The highest BCUT2D eigenvalue weighted by Crippen LogP contribution is 2.64. The third-order valence-corrected chi connectivity index (χ3v) is 4.52. The molecule has 0 saturated heterocycles. The molecular formula is C14H13Cl2FN2O4. The Hall–Kier alpha value is -1.86. The van der Waals surface area contributed by atoms with Crippen molar-refractivity contribution < 1.29 is 23.5 Å². The molecule has 1 saturated carbocycles. The normalized spacial score (nSPS) is 21.2. The van der Waals surface area contributed by atoms with Gasteiger partial charge < -0.3 is 10.1 Å². The lowest BCUT2D eigenvalue weighted by molar-refractivity contribution is -0.153. The number of alkyl halides is 2. The Morgan fingerprint density at radius 3 is 2.48 bits per heavy atom. The Morgan fingerprint density at radius 2 is 1.91 bits per heavy atom. The number of halogens is 3. The van der Waals surface area contributed by atoms with Crippen molar-refractivity contribution in [2.45, 2.75) is 17.7 Å². The van der Waals surface area contributed by atoms with Gasteiger partial charge in [0, 0.05) is 6.42 Å². The molecular weight excluding hydrogens is 350 g/mol. The predicted molar refractivity (Wildman–Crippen MR) is 81.7 cm³/mol. The highest BCUT2D eigenvalue weighted by molar-refractivity contribution is 6.53. The standard InChI is InChI=1S/C14H13Cl2FN2O4/c1-13(7-14(13,15)16)11(21)23-6-10(20)19-12(22)18-9-5-3-2-4-8(9)17/h2-5H,6-7H2,1H3,(H2,18,19,20,22)/t13-/m0/s1. The number of imide groups is 1. The summed E-state index contributed by atoms with van der Waals surface area (Å²) in [6.45, 7) is 0.834. The highest BCUT2D eigenvalue weighted by Gasteiger charge is 2.69. The van der Waals surface area contributed by atoms with Gasteiger partial charge in [0.2, 0.25) is 0 Å². The fraction of sp³-hybridized carbons (Fsp3) is 0.357. The summed E-state index contributed by atoms with van der Waals surface area (Å²) < 4.78 is 16.9. The van der Waals surface area contributed by atoms with E-state index in [-0.39, 0.29) is 12.1 Å². The van der Waals surface area contributed by atoms with Crippen LogP contribution in [0.25, 0.3) is 0 Å². The van der Waals surface area contributed by atoms with Gasteiger partial charge in [0.25, 0.3) is 5.91 Å². The Morgan fingerprint density at radius 1 is 1.30 bits per heavy atom. The molecule has 1 fully saturated rings. The third-order valence-electron chi connectivity index (χ3n) is 3.42. The largest absolute Gasteiger partial charge is 0.455 e. The van der Waals surface area contributed by atoms with E-state index in [2.05, 4.69) is 5.32 Å². The third kappa shape index (κ3) is 3.92. The number of esters is 1. The molecule has 1 aliphatic carbocycles. The van der Waals surface area contributed by atoms with Gasteiger partial charge >= 0.3 is 12.0 Å². The second-order valence-electron chi connectivity index (χ2n) is 5.27. The van der Waals surface area contributed by atoms with Crippen LogP contribution in [0.5, 0.6) is 0 Å². The van der Waals surface area contributed by atoms with Gasteiger partial charge in [-0.15, -0.1) is 23.2 Å². The maximum atomic E-state index is 13.3. The number of carbonyl (C=O) groups is 3. The first-order chi connectivity index (χ1) is 10.7. The van der Waals surface area contributed by atoms with E-state index in [4.69, 9.17) is 27.9 Å². The first kappa shape index (κ1) is 17.5. The maximum absolute atomic E-state index is 13.3. The Labute approximate surface area is 141 Å². The summed E-state index contributed by atoms with van der Waals surface area (Å²) in [4.78, 5) is 34.8. The van der Waals surface area contributed by atoms with Crippen LogP contribution in [0.4, 0.5) is 14.9 Å². The minimum Gasteiger partial charge on any atom is -0.455 e. The van der Waals surface area contributed by atoms with Crippen molar-refractivity contribution in [3.8, 4) is 0 Å². The number of ether oxygens (including phenoxy) is 1. The van der Waals surface area contributed by atoms with Crippen molar-refractivity contribution in [3.63, 3.8) is 0 Å². The van der Waals surface area contributed by atoms with Gasteiger partial charge in [-0.2, -0.15) is 0 Å². The summed E-state index contributed by atoms with van der Waals surface area (Å²) in [6, 6.07) is 4.50. The van der Waals surface area contributed by atoms with Crippen LogP contribution < -0.4 is 10.6 Å². The first-order valence-electron chi connectivity index (χ1n) is 6.56. The molecule has 0 aliphatic heterocycles. The van der Waals surface area contributed by atoms with Gasteiger partial charge in [-0.05, 0) is 19.1 Å². The van der Waals surface area contributed by atoms with Crippen molar-refractivity contribution in [1.29, 1.82) is 0 Å². The molecule has 0 heterocycles. The number of para-hydroxylation sites is 1. The molecule has 0 unspecified atom stereocenters. The highest BCUT2D eigenvalue weighted by atomic mass is 35.5. The molecule has 0 aromatic heterocycles. The van der Waals surface area contributed by atoms with E-state index in [1.807, 2.05) is 5.32 Å². The van der Waals surface area contributed by atoms with Gasteiger partial charge in [-0.3, -0.25) is 14.9 Å². The fourth-order valence-electron chi connectivity index (χ4n) is 1.79. The van der Waals surface area contributed by atoms with E-state index < -0.39 is 40.1 Å². The lowest BCUT2D eigenvalue weighted by Crippen LogP contribution is -2.38. The zero-order chi connectivity index (χ0) is 17.3. The summed E-state index contributed by atoms with van der Waals surface area (Å²) in [5.41, 5.74) is -1.15. The lowest BCUT2D eigenvalue weighted by Gasteiger charge is -2.12. The van der Waals surface area contributed by atoms with Crippen LogP contribution >= 0.6 is 23.2 Å². The number of carbonyl (C=O) groups excluding carboxylic acids is 3. The van der Waals surface area contributed by atoms with Crippen molar-refractivity contribution >= 4 is 46.8 Å². The average Bonchev–Trinajstić information content (AvgIpc) is 2.99. The van der Waals surface area contributed by atoms with E-state index in [1.165, 1.54) is 25.1 Å². The summed E-state index contributed by atoms with van der Waals surface area (Å²) in [5, 5.41) is 4.06. The molecule has 1 aromatic carbocycles.